The van der Waals surface area contributed by atoms with E-state index in [4.69, 9.17) is 9.47 Å². The molecule has 1 aromatic rings. The summed E-state index contributed by atoms with van der Waals surface area (Å²) in [7, 11) is 0. The van der Waals surface area contributed by atoms with Crippen LogP contribution in [0, 0.1) is 5.92 Å². The zero-order valence-corrected chi connectivity index (χ0v) is 14.5. The Morgan fingerprint density at radius 1 is 1.35 bits per heavy atom. The van der Waals surface area contributed by atoms with Crippen LogP contribution in [0.15, 0.2) is 29.2 Å². The monoisotopic (exact) mass is 335 g/mol. The molecular weight excluding hydrogens is 310 g/mol. The molecule has 0 spiro atoms. The number of fused-ring (bicyclic) bond motifs is 1. The van der Waals surface area contributed by atoms with Gasteiger partial charge < -0.3 is 14.4 Å². The van der Waals surface area contributed by atoms with Crippen LogP contribution in [0.25, 0.3) is 0 Å². The quantitative estimate of drug-likeness (QED) is 0.846. The first kappa shape index (κ1) is 16.8. The Hall–Kier alpha value is -1.04. The van der Waals surface area contributed by atoms with E-state index in [2.05, 4.69) is 19.1 Å². The fourth-order valence-corrected chi connectivity index (χ4v) is 4.09. The van der Waals surface area contributed by atoms with Gasteiger partial charge in [-0.1, -0.05) is 19.1 Å². The minimum absolute atomic E-state index is 0.166. The molecule has 2 aliphatic rings. The molecule has 3 rings (SSSR count). The highest BCUT2D eigenvalue weighted by Crippen LogP contribution is 2.35. The average Bonchev–Trinajstić information content (AvgIpc) is 2.75. The predicted octanol–water partition coefficient (Wildman–Crippen LogP) is 3.35. The number of nitrogens with zero attached hydrogens (tertiary/aromatic N) is 1. The summed E-state index contributed by atoms with van der Waals surface area (Å²) in [6, 6.07) is 8.21. The standard InChI is InChI=1S/C18H25NO3S/c1-14-12-19(16-4-2-3-5-17(16)23-13-14)18(20)8-11-22-15-6-9-21-10-7-15/h2-5,14-15H,6-13H2,1H3. The van der Waals surface area contributed by atoms with Gasteiger partial charge in [-0.2, -0.15) is 0 Å². The van der Waals surface area contributed by atoms with Gasteiger partial charge in [0.25, 0.3) is 0 Å². The van der Waals surface area contributed by atoms with E-state index in [0.29, 0.717) is 18.9 Å². The predicted molar refractivity (Wildman–Crippen MR) is 93.1 cm³/mol. The summed E-state index contributed by atoms with van der Waals surface area (Å²) in [5, 5.41) is 0. The van der Waals surface area contributed by atoms with E-state index in [1.54, 1.807) is 0 Å². The third-order valence-corrected chi connectivity index (χ3v) is 5.70. The molecule has 4 nitrogen and oxygen atoms in total. The van der Waals surface area contributed by atoms with Crippen LogP contribution in [0.1, 0.15) is 26.2 Å². The van der Waals surface area contributed by atoms with Crippen LogP contribution < -0.4 is 4.90 Å². The highest BCUT2D eigenvalue weighted by atomic mass is 32.2. The van der Waals surface area contributed by atoms with E-state index in [1.165, 1.54) is 4.90 Å². The largest absolute Gasteiger partial charge is 0.381 e. The van der Waals surface area contributed by atoms with Crippen molar-refractivity contribution in [2.75, 3.05) is 37.0 Å². The molecule has 0 aliphatic carbocycles. The second-order valence-electron chi connectivity index (χ2n) is 6.32. The summed E-state index contributed by atoms with van der Waals surface area (Å²) in [6.07, 6.45) is 2.58. The third-order valence-electron chi connectivity index (χ3n) is 4.31. The maximum absolute atomic E-state index is 12.7. The number of carbonyl (C=O) groups is 1. The van der Waals surface area contributed by atoms with Crippen molar-refractivity contribution >= 4 is 23.4 Å². The van der Waals surface area contributed by atoms with Crippen LogP contribution in [-0.4, -0.2) is 44.1 Å². The Morgan fingerprint density at radius 3 is 2.96 bits per heavy atom. The van der Waals surface area contributed by atoms with Crippen LogP contribution in [0.2, 0.25) is 0 Å². The minimum Gasteiger partial charge on any atom is -0.381 e. The highest BCUT2D eigenvalue weighted by Gasteiger charge is 2.24. The molecule has 1 unspecified atom stereocenters. The van der Waals surface area contributed by atoms with Crippen LogP contribution in [0.5, 0.6) is 0 Å². The van der Waals surface area contributed by atoms with E-state index in [9.17, 15) is 4.79 Å². The molecule has 2 heterocycles. The topological polar surface area (TPSA) is 38.8 Å². The van der Waals surface area contributed by atoms with E-state index in [0.717, 1.165) is 44.0 Å². The molecule has 126 valence electrons. The molecule has 0 aromatic heterocycles. The van der Waals surface area contributed by atoms with Gasteiger partial charge in [0.1, 0.15) is 0 Å². The van der Waals surface area contributed by atoms with Crippen LogP contribution in [0.3, 0.4) is 0 Å². The molecule has 1 amide bonds. The van der Waals surface area contributed by atoms with E-state index in [1.807, 2.05) is 28.8 Å². The summed E-state index contributed by atoms with van der Waals surface area (Å²) in [6.45, 7) is 5.04. The molecule has 0 N–H and O–H groups in total. The average molecular weight is 335 g/mol. The van der Waals surface area contributed by atoms with Gasteiger partial charge in [-0.25, -0.2) is 0 Å². The van der Waals surface area contributed by atoms with Crippen molar-refractivity contribution in [3.8, 4) is 0 Å². The number of carbonyl (C=O) groups excluding carboxylic acids is 1. The summed E-state index contributed by atoms with van der Waals surface area (Å²) >= 11 is 1.85. The number of ether oxygens (including phenoxy) is 2. The van der Waals surface area contributed by atoms with Gasteiger partial charge in [-0.05, 0) is 30.9 Å². The van der Waals surface area contributed by atoms with Crippen LogP contribution in [-0.2, 0) is 14.3 Å². The maximum Gasteiger partial charge on any atom is 0.229 e. The zero-order chi connectivity index (χ0) is 16.1. The Kier molecular flexibility index (Phi) is 5.97. The van der Waals surface area contributed by atoms with Crippen molar-refractivity contribution in [2.24, 2.45) is 5.92 Å². The Balaban J connectivity index is 1.59. The van der Waals surface area contributed by atoms with Gasteiger partial charge in [0, 0.05) is 30.4 Å². The maximum atomic E-state index is 12.7. The van der Waals surface area contributed by atoms with Gasteiger partial charge in [-0.3, -0.25) is 4.79 Å². The van der Waals surface area contributed by atoms with Crippen molar-refractivity contribution in [2.45, 2.75) is 37.2 Å². The molecule has 0 bridgehead atoms. The number of hydrogen-bond acceptors (Lipinski definition) is 4. The summed E-state index contributed by atoms with van der Waals surface area (Å²) in [5.74, 6) is 1.71. The number of benzene rings is 1. The smallest absolute Gasteiger partial charge is 0.229 e. The highest BCUT2D eigenvalue weighted by molar-refractivity contribution is 7.99. The molecule has 1 aromatic carbocycles. The van der Waals surface area contributed by atoms with Gasteiger partial charge in [-0.15, -0.1) is 11.8 Å². The van der Waals surface area contributed by atoms with Crippen molar-refractivity contribution in [1.82, 2.24) is 0 Å². The van der Waals surface area contributed by atoms with Crippen molar-refractivity contribution in [1.29, 1.82) is 0 Å². The lowest BCUT2D eigenvalue weighted by molar-refractivity contribution is -0.120. The molecule has 23 heavy (non-hydrogen) atoms. The number of amides is 1. The second kappa shape index (κ2) is 8.18. The molecular formula is C18H25NO3S. The Morgan fingerprint density at radius 2 is 2.13 bits per heavy atom. The normalized spacial score (nSPS) is 22.5. The first-order chi connectivity index (χ1) is 11.2. The minimum atomic E-state index is 0.166. The molecule has 1 atom stereocenters. The van der Waals surface area contributed by atoms with Crippen LogP contribution in [0.4, 0.5) is 5.69 Å². The zero-order valence-electron chi connectivity index (χ0n) is 13.7. The van der Waals surface area contributed by atoms with Gasteiger partial charge >= 0.3 is 0 Å². The molecule has 0 radical (unpaired) electrons. The molecule has 5 heteroatoms. The second-order valence-corrected chi connectivity index (χ2v) is 7.38. The summed E-state index contributed by atoms with van der Waals surface area (Å²) < 4.78 is 11.2. The Labute approximate surface area is 142 Å². The lowest BCUT2D eigenvalue weighted by Gasteiger charge is -2.26. The van der Waals surface area contributed by atoms with Crippen LogP contribution >= 0.6 is 11.8 Å². The van der Waals surface area contributed by atoms with Gasteiger partial charge in [0.2, 0.25) is 5.91 Å². The number of anilines is 1. The van der Waals surface area contributed by atoms with Gasteiger partial charge in [0.15, 0.2) is 0 Å². The molecule has 1 saturated heterocycles. The molecule has 0 saturated carbocycles. The SMILES string of the molecule is CC1CSc2ccccc2N(C(=O)CCOC2CCOCC2)C1. The summed E-state index contributed by atoms with van der Waals surface area (Å²) in [4.78, 5) is 15.9. The van der Waals surface area contributed by atoms with E-state index < -0.39 is 0 Å². The number of rotatable bonds is 4. The lowest BCUT2D eigenvalue weighted by Crippen LogP contribution is -2.35. The fourth-order valence-electron chi connectivity index (χ4n) is 3.02. The molecule has 1 fully saturated rings. The lowest BCUT2D eigenvalue weighted by atomic mass is 10.1. The van der Waals surface area contributed by atoms with E-state index in [-0.39, 0.29) is 12.0 Å². The number of para-hydroxylation sites is 1. The first-order valence-corrected chi connectivity index (χ1v) is 9.44. The number of thioether (sulfide) groups is 1. The Bertz CT molecular complexity index is 531. The van der Waals surface area contributed by atoms with Crippen molar-refractivity contribution < 1.29 is 14.3 Å². The number of hydrogen-bond donors (Lipinski definition) is 0. The summed E-state index contributed by atoms with van der Waals surface area (Å²) in [5.41, 5.74) is 1.05. The third kappa shape index (κ3) is 4.49. The van der Waals surface area contributed by atoms with Gasteiger partial charge in [0.05, 0.1) is 24.8 Å². The molecule has 2 aliphatic heterocycles. The van der Waals surface area contributed by atoms with Crippen molar-refractivity contribution in [3.05, 3.63) is 24.3 Å². The first-order valence-electron chi connectivity index (χ1n) is 8.45. The van der Waals surface area contributed by atoms with Crippen molar-refractivity contribution in [3.63, 3.8) is 0 Å². The fraction of sp³-hybridized carbons (Fsp3) is 0.611. The van der Waals surface area contributed by atoms with E-state index >= 15 is 0 Å².